The van der Waals surface area contributed by atoms with Crippen LogP contribution in [-0.2, 0) is 11.2 Å². The van der Waals surface area contributed by atoms with Crippen LogP contribution in [0.5, 0.6) is 0 Å². The molecule has 0 aliphatic carbocycles. The minimum Gasteiger partial charge on any atom is -0.376 e. The van der Waals surface area contributed by atoms with E-state index in [-0.39, 0.29) is 17.8 Å². The van der Waals surface area contributed by atoms with Crippen molar-refractivity contribution in [3.8, 4) is 0 Å². The Morgan fingerprint density at radius 2 is 2.08 bits per heavy atom. The molecule has 25 heavy (non-hydrogen) atoms. The van der Waals surface area contributed by atoms with E-state index in [0.29, 0.717) is 24.5 Å². The molecule has 6 heteroatoms. The van der Waals surface area contributed by atoms with Crippen LogP contribution in [0, 0.1) is 5.82 Å². The summed E-state index contributed by atoms with van der Waals surface area (Å²) < 4.78 is 18.3. The van der Waals surface area contributed by atoms with E-state index >= 15 is 0 Å². The maximum atomic E-state index is 12.9. The highest BCUT2D eigenvalue weighted by Crippen LogP contribution is 2.11. The van der Waals surface area contributed by atoms with Crippen molar-refractivity contribution in [2.24, 2.45) is 0 Å². The first-order valence-electron chi connectivity index (χ1n) is 8.55. The summed E-state index contributed by atoms with van der Waals surface area (Å²) in [6.45, 7) is 2.00. The van der Waals surface area contributed by atoms with E-state index in [0.717, 1.165) is 31.4 Å². The van der Waals surface area contributed by atoms with Gasteiger partial charge in [0.15, 0.2) is 0 Å². The number of hydrogen-bond donors (Lipinski definition) is 2. The monoisotopic (exact) mass is 343 g/mol. The molecule has 1 aromatic carbocycles. The topological polar surface area (TPSA) is 63.2 Å². The first kappa shape index (κ1) is 17.4. The number of nitrogens with zero attached hydrogens (tertiary/aromatic N) is 1. The van der Waals surface area contributed by atoms with Crippen molar-refractivity contribution in [1.29, 1.82) is 0 Å². The lowest BCUT2D eigenvalue weighted by Gasteiger charge is -2.11. The SMILES string of the molecule is O=C(NCC1CCCO1)c1ccc(NCCc2ccc(F)cc2)nc1. The van der Waals surface area contributed by atoms with Gasteiger partial charge < -0.3 is 15.4 Å². The maximum absolute atomic E-state index is 12.9. The second-order valence-electron chi connectivity index (χ2n) is 6.08. The van der Waals surface area contributed by atoms with Gasteiger partial charge in [-0.25, -0.2) is 9.37 Å². The van der Waals surface area contributed by atoms with Gasteiger partial charge in [0.2, 0.25) is 0 Å². The smallest absolute Gasteiger partial charge is 0.252 e. The second-order valence-corrected chi connectivity index (χ2v) is 6.08. The molecule has 1 aliphatic heterocycles. The van der Waals surface area contributed by atoms with Gasteiger partial charge >= 0.3 is 0 Å². The van der Waals surface area contributed by atoms with Crippen LogP contribution in [0.25, 0.3) is 0 Å². The van der Waals surface area contributed by atoms with Crippen LogP contribution < -0.4 is 10.6 Å². The number of anilines is 1. The van der Waals surface area contributed by atoms with E-state index in [1.165, 1.54) is 12.1 Å². The number of nitrogens with one attached hydrogen (secondary N) is 2. The fourth-order valence-electron chi connectivity index (χ4n) is 2.73. The highest BCUT2D eigenvalue weighted by atomic mass is 19.1. The molecule has 1 aliphatic rings. The van der Waals surface area contributed by atoms with Gasteiger partial charge in [0.1, 0.15) is 11.6 Å². The molecule has 1 amide bonds. The average molecular weight is 343 g/mol. The molecule has 2 N–H and O–H groups in total. The molecule has 0 radical (unpaired) electrons. The van der Waals surface area contributed by atoms with Gasteiger partial charge in [-0.2, -0.15) is 0 Å². The van der Waals surface area contributed by atoms with Gasteiger partial charge in [0, 0.05) is 25.9 Å². The number of pyridine rings is 1. The lowest BCUT2D eigenvalue weighted by atomic mass is 10.1. The summed E-state index contributed by atoms with van der Waals surface area (Å²) >= 11 is 0. The van der Waals surface area contributed by atoms with Crippen molar-refractivity contribution >= 4 is 11.7 Å². The highest BCUT2D eigenvalue weighted by Gasteiger charge is 2.16. The summed E-state index contributed by atoms with van der Waals surface area (Å²) in [6, 6.07) is 9.98. The normalized spacial score (nSPS) is 16.6. The molecule has 1 fully saturated rings. The quantitative estimate of drug-likeness (QED) is 0.811. The largest absolute Gasteiger partial charge is 0.376 e. The third-order valence-electron chi connectivity index (χ3n) is 4.17. The standard InChI is InChI=1S/C19H22FN3O2/c20-16-6-3-14(4-7-16)9-10-21-18-8-5-15(12-22-18)19(24)23-13-17-2-1-11-25-17/h3-8,12,17H,1-2,9-11,13H2,(H,21,22)(H,23,24). The van der Waals surface area contributed by atoms with Crippen molar-refractivity contribution in [2.75, 3.05) is 25.0 Å². The summed E-state index contributed by atoms with van der Waals surface area (Å²) in [4.78, 5) is 16.3. The summed E-state index contributed by atoms with van der Waals surface area (Å²) in [6.07, 6.45) is 4.51. The van der Waals surface area contributed by atoms with E-state index in [1.54, 1.807) is 30.5 Å². The zero-order chi connectivity index (χ0) is 17.5. The third kappa shape index (κ3) is 5.26. The van der Waals surface area contributed by atoms with Gasteiger partial charge in [0.05, 0.1) is 11.7 Å². The molecule has 5 nitrogen and oxygen atoms in total. The first-order chi connectivity index (χ1) is 12.2. The van der Waals surface area contributed by atoms with Gasteiger partial charge in [-0.05, 0) is 49.1 Å². The fraction of sp³-hybridized carbons (Fsp3) is 0.368. The Morgan fingerprint density at radius 3 is 2.76 bits per heavy atom. The van der Waals surface area contributed by atoms with Crippen LogP contribution in [0.15, 0.2) is 42.6 Å². The molecule has 1 saturated heterocycles. The fourth-order valence-corrected chi connectivity index (χ4v) is 2.73. The number of halogens is 1. The molecule has 2 heterocycles. The third-order valence-corrected chi connectivity index (χ3v) is 4.17. The van der Waals surface area contributed by atoms with E-state index in [9.17, 15) is 9.18 Å². The van der Waals surface area contributed by atoms with E-state index in [4.69, 9.17) is 4.74 Å². The zero-order valence-electron chi connectivity index (χ0n) is 14.0. The van der Waals surface area contributed by atoms with Crippen LogP contribution in [0.3, 0.4) is 0 Å². The Balaban J connectivity index is 1.43. The molecule has 1 aromatic heterocycles. The van der Waals surface area contributed by atoms with Crippen LogP contribution in [0.2, 0.25) is 0 Å². The highest BCUT2D eigenvalue weighted by molar-refractivity contribution is 5.94. The summed E-state index contributed by atoms with van der Waals surface area (Å²) in [7, 11) is 0. The molecule has 132 valence electrons. The first-order valence-corrected chi connectivity index (χ1v) is 8.55. The number of aromatic nitrogens is 1. The predicted octanol–water partition coefficient (Wildman–Crippen LogP) is 2.78. The van der Waals surface area contributed by atoms with Crippen molar-refractivity contribution in [1.82, 2.24) is 10.3 Å². The molecule has 2 aromatic rings. The predicted molar refractivity (Wildman–Crippen MR) is 94.1 cm³/mol. The Bertz CT molecular complexity index is 683. The van der Waals surface area contributed by atoms with Gasteiger partial charge in [-0.1, -0.05) is 12.1 Å². The van der Waals surface area contributed by atoms with Crippen LogP contribution in [0.1, 0.15) is 28.8 Å². The summed E-state index contributed by atoms with van der Waals surface area (Å²) in [5.41, 5.74) is 1.58. The molecule has 3 rings (SSSR count). The van der Waals surface area contributed by atoms with Crippen LogP contribution in [0.4, 0.5) is 10.2 Å². The lowest BCUT2D eigenvalue weighted by Crippen LogP contribution is -2.31. The van der Waals surface area contributed by atoms with Crippen molar-refractivity contribution < 1.29 is 13.9 Å². The van der Waals surface area contributed by atoms with Gasteiger partial charge in [-0.3, -0.25) is 4.79 Å². The Hall–Kier alpha value is -2.47. The number of rotatable bonds is 7. The number of amides is 1. The van der Waals surface area contributed by atoms with Crippen LogP contribution >= 0.6 is 0 Å². The Labute approximate surface area is 146 Å². The van der Waals surface area contributed by atoms with E-state index in [2.05, 4.69) is 15.6 Å². The average Bonchev–Trinajstić information content (AvgIpc) is 3.15. The summed E-state index contributed by atoms with van der Waals surface area (Å²) in [5.74, 6) is 0.338. The van der Waals surface area contributed by atoms with E-state index < -0.39 is 0 Å². The molecule has 0 saturated carbocycles. The van der Waals surface area contributed by atoms with Gasteiger partial charge in [0.25, 0.3) is 5.91 Å². The number of benzene rings is 1. The van der Waals surface area contributed by atoms with Crippen LogP contribution in [-0.4, -0.2) is 36.7 Å². The molecule has 0 bridgehead atoms. The second kappa shape index (κ2) is 8.58. The zero-order valence-corrected chi connectivity index (χ0v) is 14.0. The Morgan fingerprint density at radius 1 is 1.24 bits per heavy atom. The van der Waals surface area contributed by atoms with Crippen molar-refractivity contribution in [3.63, 3.8) is 0 Å². The maximum Gasteiger partial charge on any atom is 0.252 e. The number of ether oxygens (including phenoxy) is 1. The number of carbonyl (C=O) groups excluding carboxylic acids is 1. The molecular formula is C19H22FN3O2. The van der Waals surface area contributed by atoms with Crippen molar-refractivity contribution in [2.45, 2.75) is 25.4 Å². The molecule has 1 atom stereocenters. The minimum atomic E-state index is -0.230. The molecular weight excluding hydrogens is 321 g/mol. The summed E-state index contributed by atoms with van der Waals surface area (Å²) in [5, 5.41) is 6.07. The number of carbonyl (C=O) groups is 1. The minimum absolute atomic E-state index is 0.129. The Kier molecular flexibility index (Phi) is 5.95. The number of hydrogen-bond acceptors (Lipinski definition) is 4. The van der Waals surface area contributed by atoms with E-state index in [1.807, 2.05) is 0 Å². The van der Waals surface area contributed by atoms with Gasteiger partial charge in [-0.15, -0.1) is 0 Å². The lowest BCUT2D eigenvalue weighted by molar-refractivity contribution is 0.0857. The molecule has 0 spiro atoms. The molecule has 1 unspecified atom stereocenters. The van der Waals surface area contributed by atoms with Crippen molar-refractivity contribution in [3.05, 3.63) is 59.5 Å².